The Morgan fingerprint density at radius 1 is 1.08 bits per heavy atom. The molecule has 13 heavy (non-hydrogen) atoms. The molecule has 0 atom stereocenters. The Hall–Kier alpha value is -1.36. The normalized spacial score (nSPS) is 16.3. The molecule has 1 aliphatic rings. The van der Waals surface area contributed by atoms with Gasteiger partial charge in [0.1, 0.15) is 5.82 Å². The minimum absolute atomic E-state index is 0.248. The van der Waals surface area contributed by atoms with Crippen LogP contribution in [-0.2, 0) is 17.6 Å². The Morgan fingerprint density at radius 2 is 1.85 bits per heavy atom. The molecular weight excluding hydrogens is 168 g/mol. The summed E-state index contributed by atoms with van der Waals surface area (Å²) in [4.78, 5) is 8.06. The number of hydrogen-bond acceptors (Lipinski definition) is 5. The molecule has 1 aromatic heterocycles. The van der Waals surface area contributed by atoms with Crippen molar-refractivity contribution in [2.75, 3.05) is 24.7 Å². The molecule has 2 rings (SSSR count). The van der Waals surface area contributed by atoms with E-state index in [1.807, 2.05) is 0 Å². The fourth-order valence-corrected chi connectivity index (χ4v) is 1.49. The Bertz CT molecular complexity index is 326. The molecule has 0 saturated carbocycles. The van der Waals surface area contributed by atoms with Crippen LogP contribution < -0.4 is 11.5 Å². The molecule has 0 aromatic carbocycles. The lowest BCUT2D eigenvalue weighted by Crippen LogP contribution is -2.08. The van der Waals surface area contributed by atoms with Gasteiger partial charge in [-0.25, -0.2) is 4.98 Å². The predicted octanol–water partition coefficient (Wildman–Crippen LogP) is -0.244. The number of anilines is 2. The van der Waals surface area contributed by atoms with Crippen molar-refractivity contribution in [3.63, 3.8) is 0 Å². The standard InChI is InChI=1S/C8H12N4O/c9-7-5-1-3-13-4-2-6(5)11-8(10)12-7/h1-4H2,(H4,9,10,11,12). The first-order valence-electron chi connectivity index (χ1n) is 4.26. The van der Waals surface area contributed by atoms with E-state index in [1.165, 1.54) is 0 Å². The third-order valence-corrected chi connectivity index (χ3v) is 2.12. The first kappa shape index (κ1) is 8.25. The molecule has 0 bridgehead atoms. The number of ether oxygens (including phenoxy) is 1. The highest BCUT2D eigenvalue weighted by atomic mass is 16.5. The molecule has 0 aliphatic carbocycles. The van der Waals surface area contributed by atoms with E-state index in [2.05, 4.69) is 9.97 Å². The second-order valence-electron chi connectivity index (χ2n) is 3.00. The van der Waals surface area contributed by atoms with Crippen molar-refractivity contribution >= 4 is 11.8 Å². The Labute approximate surface area is 76.1 Å². The van der Waals surface area contributed by atoms with Gasteiger partial charge < -0.3 is 16.2 Å². The van der Waals surface area contributed by atoms with Crippen molar-refractivity contribution in [1.82, 2.24) is 9.97 Å². The second-order valence-corrected chi connectivity index (χ2v) is 3.00. The van der Waals surface area contributed by atoms with Crippen molar-refractivity contribution in [3.05, 3.63) is 11.3 Å². The van der Waals surface area contributed by atoms with Gasteiger partial charge in [-0.3, -0.25) is 0 Å². The summed E-state index contributed by atoms with van der Waals surface area (Å²) in [5.74, 6) is 0.742. The van der Waals surface area contributed by atoms with Crippen LogP contribution in [0.15, 0.2) is 0 Å². The highest BCUT2D eigenvalue weighted by Gasteiger charge is 2.13. The van der Waals surface area contributed by atoms with E-state index in [1.54, 1.807) is 0 Å². The smallest absolute Gasteiger partial charge is 0.222 e. The summed E-state index contributed by atoms with van der Waals surface area (Å²) in [6.45, 7) is 1.37. The largest absolute Gasteiger partial charge is 0.383 e. The highest BCUT2D eigenvalue weighted by molar-refractivity contribution is 5.46. The maximum absolute atomic E-state index is 5.72. The zero-order valence-electron chi connectivity index (χ0n) is 7.29. The summed E-state index contributed by atoms with van der Waals surface area (Å²) >= 11 is 0. The summed E-state index contributed by atoms with van der Waals surface area (Å²) in [7, 11) is 0. The lowest BCUT2D eigenvalue weighted by molar-refractivity contribution is 0.146. The maximum Gasteiger partial charge on any atom is 0.222 e. The zero-order chi connectivity index (χ0) is 9.26. The molecule has 0 radical (unpaired) electrons. The zero-order valence-corrected chi connectivity index (χ0v) is 7.29. The van der Waals surface area contributed by atoms with Gasteiger partial charge in [-0.15, -0.1) is 0 Å². The molecule has 0 unspecified atom stereocenters. The number of hydrogen-bond donors (Lipinski definition) is 2. The average Bonchev–Trinajstić information content (AvgIpc) is 2.28. The van der Waals surface area contributed by atoms with E-state index in [9.17, 15) is 0 Å². The van der Waals surface area contributed by atoms with Crippen molar-refractivity contribution in [3.8, 4) is 0 Å². The highest BCUT2D eigenvalue weighted by Crippen LogP contribution is 2.18. The van der Waals surface area contributed by atoms with Gasteiger partial charge in [-0.1, -0.05) is 0 Å². The van der Waals surface area contributed by atoms with E-state index >= 15 is 0 Å². The van der Waals surface area contributed by atoms with E-state index in [0.29, 0.717) is 19.0 Å². The van der Waals surface area contributed by atoms with Gasteiger partial charge in [0.05, 0.1) is 18.9 Å². The summed E-state index contributed by atoms with van der Waals surface area (Å²) in [6.07, 6.45) is 1.55. The minimum Gasteiger partial charge on any atom is -0.383 e. The van der Waals surface area contributed by atoms with Gasteiger partial charge in [0.2, 0.25) is 5.95 Å². The van der Waals surface area contributed by atoms with E-state index in [0.717, 1.165) is 24.1 Å². The van der Waals surface area contributed by atoms with Crippen LogP contribution in [0.3, 0.4) is 0 Å². The van der Waals surface area contributed by atoms with Crippen molar-refractivity contribution in [1.29, 1.82) is 0 Å². The monoisotopic (exact) mass is 180 g/mol. The van der Waals surface area contributed by atoms with Crippen molar-refractivity contribution in [2.24, 2.45) is 0 Å². The maximum atomic E-state index is 5.72. The molecular formula is C8H12N4O. The summed E-state index contributed by atoms with van der Waals surface area (Å²) in [5.41, 5.74) is 13.1. The fourth-order valence-electron chi connectivity index (χ4n) is 1.49. The molecule has 2 heterocycles. The SMILES string of the molecule is Nc1nc(N)c2c(n1)CCOCC2. The van der Waals surface area contributed by atoms with Crippen LogP contribution in [0.4, 0.5) is 11.8 Å². The molecule has 70 valence electrons. The summed E-state index contributed by atoms with van der Waals surface area (Å²) in [6, 6.07) is 0. The first-order valence-corrected chi connectivity index (χ1v) is 4.26. The van der Waals surface area contributed by atoms with Crippen LogP contribution in [0.25, 0.3) is 0 Å². The molecule has 0 fully saturated rings. The Balaban J connectivity index is 2.47. The lowest BCUT2D eigenvalue weighted by atomic mass is 10.1. The summed E-state index contributed by atoms with van der Waals surface area (Å²) < 4.78 is 5.31. The third kappa shape index (κ3) is 1.55. The van der Waals surface area contributed by atoms with Crippen LogP contribution >= 0.6 is 0 Å². The average molecular weight is 180 g/mol. The number of aromatic nitrogens is 2. The van der Waals surface area contributed by atoms with Gasteiger partial charge in [0.25, 0.3) is 0 Å². The molecule has 5 heteroatoms. The van der Waals surface area contributed by atoms with Crippen molar-refractivity contribution in [2.45, 2.75) is 12.8 Å². The summed E-state index contributed by atoms with van der Waals surface area (Å²) in [5, 5.41) is 0. The number of fused-ring (bicyclic) bond motifs is 1. The molecule has 0 amide bonds. The fraction of sp³-hybridized carbons (Fsp3) is 0.500. The molecule has 1 aliphatic heterocycles. The quantitative estimate of drug-likeness (QED) is 0.575. The number of nitrogens with two attached hydrogens (primary N) is 2. The Morgan fingerprint density at radius 3 is 2.69 bits per heavy atom. The van der Waals surface area contributed by atoms with Crippen LogP contribution in [0.1, 0.15) is 11.3 Å². The van der Waals surface area contributed by atoms with E-state index in [4.69, 9.17) is 16.2 Å². The Kier molecular flexibility index (Phi) is 2.02. The number of rotatable bonds is 0. The van der Waals surface area contributed by atoms with Gasteiger partial charge in [-0.2, -0.15) is 4.98 Å². The van der Waals surface area contributed by atoms with Crippen LogP contribution in [0.2, 0.25) is 0 Å². The van der Waals surface area contributed by atoms with E-state index in [-0.39, 0.29) is 5.95 Å². The van der Waals surface area contributed by atoms with Gasteiger partial charge >= 0.3 is 0 Å². The van der Waals surface area contributed by atoms with Gasteiger partial charge in [-0.05, 0) is 0 Å². The molecule has 4 N–H and O–H groups in total. The number of nitrogen functional groups attached to an aromatic ring is 2. The van der Waals surface area contributed by atoms with Gasteiger partial charge in [0, 0.05) is 18.4 Å². The molecule has 5 nitrogen and oxygen atoms in total. The lowest BCUT2D eigenvalue weighted by Gasteiger charge is -2.06. The van der Waals surface area contributed by atoms with Crippen LogP contribution in [0, 0.1) is 0 Å². The first-order chi connectivity index (χ1) is 6.27. The van der Waals surface area contributed by atoms with Crippen LogP contribution in [0.5, 0.6) is 0 Å². The topological polar surface area (TPSA) is 87.0 Å². The molecule has 0 saturated heterocycles. The molecule has 1 aromatic rings. The predicted molar refractivity (Wildman–Crippen MR) is 49.1 cm³/mol. The van der Waals surface area contributed by atoms with Gasteiger partial charge in [0.15, 0.2) is 0 Å². The molecule has 0 spiro atoms. The minimum atomic E-state index is 0.248. The number of nitrogens with zero attached hydrogens (tertiary/aromatic N) is 2. The second kappa shape index (κ2) is 3.18. The van der Waals surface area contributed by atoms with Crippen LogP contribution in [-0.4, -0.2) is 23.2 Å². The van der Waals surface area contributed by atoms with Crippen molar-refractivity contribution < 1.29 is 4.74 Å². The van der Waals surface area contributed by atoms with E-state index < -0.39 is 0 Å². The third-order valence-electron chi connectivity index (χ3n) is 2.12.